The minimum atomic E-state index is -0.947. The third kappa shape index (κ3) is 16.2. The number of likely N-dealkylation sites (N-methyl/N-ethyl adjacent to an activating group) is 2. The van der Waals surface area contributed by atoms with Crippen LogP contribution in [-0.2, 0) is 63.9 Å². The number of carbonyl (C=O) groups excluding carboxylic acids is 9. The number of hydrogen-bond acceptors (Lipinski definition) is 14. The molecule has 5 N–H and O–H groups in total. The van der Waals surface area contributed by atoms with E-state index in [9.17, 15) is 43.2 Å². The van der Waals surface area contributed by atoms with Crippen LogP contribution >= 0.6 is 0 Å². The van der Waals surface area contributed by atoms with E-state index in [2.05, 4.69) is 26.3 Å². The van der Waals surface area contributed by atoms with Crippen LogP contribution in [0.2, 0.25) is 0 Å². The number of para-hydroxylation sites is 1. The Morgan fingerprint density at radius 1 is 0.846 bits per heavy atom. The first-order chi connectivity index (χ1) is 37.1. The monoisotopic (exact) mass is 1090 g/mol. The Morgan fingerprint density at radius 3 is 2.17 bits per heavy atom. The lowest BCUT2D eigenvalue weighted by Crippen LogP contribution is -2.60. The molecule has 0 radical (unpaired) electrons. The normalized spacial score (nSPS) is 19.1. The van der Waals surface area contributed by atoms with Gasteiger partial charge in [0.15, 0.2) is 0 Å². The van der Waals surface area contributed by atoms with Crippen LogP contribution in [0.3, 0.4) is 0 Å². The molecule has 0 aliphatic carbocycles. The zero-order chi connectivity index (χ0) is 57.4. The van der Waals surface area contributed by atoms with E-state index in [0.29, 0.717) is 44.0 Å². The summed E-state index contributed by atoms with van der Waals surface area (Å²) < 4.78 is 12.2. The molecule has 9 atom stereocenters. The minimum Gasteiger partial charge on any atom is -0.379 e. The van der Waals surface area contributed by atoms with Crippen molar-refractivity contribution in [1.29, 1.82) is 0 Å². The fourth-order valence-electron chi connectivity index (χ4n) is 10.9. The van der Waals surface area contributed by atoms with Gasteiger partial charge in [-0.2, -0.15) is 0 Å². The van der Waals surface area contributed by atoms with Gasteiger partial charge in [-0.15, -0.1) is 5.06 Å². The van der Waals surface area contributed by atoms with Gasteiger partial charge in [0.25, 0.3) is 17.7 Å². The van der Waals surface area contributed by atoms with Crippen molar-refractivity contribution >= 4 is 64.3 Å². The van der Waals surface area contributed by atoms with Crippen LogP contribution in [0.25, 0.3) is 10.9 Å². The van der Waals surface area contributed by atoms with Gasteiger partial charge >= 0.3 is 12.0 Å². The second kappa shape index (κ2) is 29.7. The number of benzene rings is 1. The summed E-state index contributed by atoms with van der Waals surface area (Å²) in [7, 11) is 6.45. The number of urea groups is 1. The van der Waals surface area contributed by atoms with Gasteiger partial charge in [-0.25, -0.2) is 14.7 Å². The highest BCUT2D eigenvalue weighted by atomic mass is 16.7. The maximum atomic E-state index is 14.7. The number of rotatable bonds is 28. The third-order valence-corrected chi connectivity index (χ3v) is 15.4. The van der Waals surface area contributed by atoms with Gasteiger partial charge in [-0.05, 0) is 62.1 Å². The van der Waals surface area contributed by atoms with Crippen molar-refractivity contribution in [3.63, 3.8) is 0 Å². The van der Waals surface area contributed by atoms with Crippen molar-refractivity contribution in [2.24, 2.45) is 23.7 Å². The first-order valence-electron chi connectivity index (χ1n) is 27.6. The van der Waals surface area contributed by atoms with Gasteiger partial charge < -0.3 is 50.4 Å². The molecule has 23 nitrogen and oxygen atoms in total. The maximum Gasteiger partial charge on any atom is 0.334 e. The van der Waals surface area contributed by atoms with E-state index >= 15 is 0 Å². The average molecular weight is 1100 g/mol. The van der Waals surface area contributed by atoms with E-state index in [-0.39, 0.29) is 93.1 Å². The second-order valence-electron chi connectivity index (χ2n) is 21.6. The Kier molecular flexibility index (Phi) is 23.9. The summed E-state index contributed by atoms with van der Waals surface area (Å²) in [6.45, 7) is 14.7. The number of nitrogens with zero attached hydrogens (tertiary/aromatic N) is 5. The molecule has 0 spiro atoms. The van der Waals surface area contributed by atoms with Crippen molar-refractivity contribution in [1.82, 2.24) is 51.1 Å². The Labute approximate surface area is 458 Å². The summed E-state index contributed by atoms with van der Waals surface area (Å²) >= 11 is 0. The number of nitrogens with one attached hydrogen (secondary N) is 5. The molecule has 23 heteroatoms. The predicted molar refractivity (Wildman–Crippen MR) is 288 cm³/mol. The van der Waals surface area contributed by atoms with E-state index in [1.807, 2.05) is 72.0 Å². The Hall–Kier alpha value is -6.17. The van der Waals surface area contributed by atoms with Crippen LogP contribution < -0.4 is 21.3 Å². The molecule has 0 saturated carbocycles. The fraction of sp³-hybridized carbons (Fsp3) is 0.691. The number of amides is 9. The van der Waals surface area contributed by atoms with Gasteiger partial charge in [0, 0.05) is 90.4 Å². The van der Waals surface area contributed by atoms with Gasteiger partial charge in [-0.3, -0.25) is 43.3 Å². The molecule has 78 heavy (non-hydrogen) atoms. The maximum absolute atomic E-state index is 14.7. The lowest BCUT2D eigenvalue weighted by Gasteiger charge is -2.41. The summed E-state index contributed by atoms with van der Waals surface area (Å²) in [5.74, 6) is -5.19. The van der Waals surface area contributed by atoms with Crippen LogP contribution in [0, 0.1) is 23.7 Å². The first-order valence-corrected chi connectivity index (χ1v) is 27.6. The van der Waals surface area contributed by atoms with Crippen molar-refractivity contribution in [2.45, 2.75) is 155 Å². The van der Waals surface area contributed by atoms with E-state index in [1.54, 1.807) is 35.7 Å². The largest absolute Gasteiger partial charge is 0.379 e. The number of hydrogen-bond donors (Lipinski definition) is 5. The number of fused-ring (bicyclic) bond motifs is 1. The number of carbonyl (C=O) groups is 9. The molecule has 9 amide bonds. The van der Waals surface area contributed by atoms with Crippen LogP contribution in [0.5, 0.6) is 0 Å². The molecule has 3 aliphatic heterocycles. The molecule has 2 aromatic rings. The Morgan fingerprint density at radius 2 is 1.54 bits per heavy atom. The van der Waals surface area contributed by atoms with Crippen LogP contribution in [0.15, 0.2) is 30.5 Å². The molecule has 3 aliphatic rings. The quantitative estimate of drug-likeness (QED) is 0.0767. The number of aromatic nitrogens is 1. The highest BCUT2D eigenvalue weighted by Gasteiger charge is 2.44. The lowest BCUT2D eigenvalue weighted by molar-refractivity contribution is -0.199. The number of H-pyrrole nitrogens is 1. The fourth-order valence-corrected chi connectivity index (χ4v) is 10.9. The number of methoxy groups -OCH3 is 2. The highest BCUT2D eigenvalue weighted by Crippen LogP contribution is 2.30. The standard InChI is InChI=1S/C55H86N10O13/c1-12-35(6)49(62(9)54(73)47(33(2)3)60-52(71)48(34(4)5)61(8)28-25-57-55(74)56-24-23-46(69)78-65-43(66)21-22-44(65)67)42(75-10)31-45(68)63-26-17-20-41(63)50(76-11)36(7)51(70)59-40(53(72)64-27-15-16-29-77-64)30-37-32-58-39-19-14-13-18-38(37)39/h13-14,18-19,32-36,40-42,47-50,58H,12,15-17,20-31H2,1-11H3,(H,59,70)(H,60,71)(H2,56,57,74)/t35-,36+,40-,41-,42+,47-,48-,49-,50+/m0/s1. The van der Waals surface area contributed by atoms with Gasteiger partial charge in [0.2, 0.25) is 23.6 Å². The molecule has 3 fully saturated rings. The first kappa shape index (κ1) is 62.7. The van der Waals surface area contributed by atoms with Gasteiger partial charge in [-0.1, -0.05) is 73.1 Å². The summed E-state index contributed by atoms with van der Waals surface area (Å²) in [5, 5.41) is 14.0. The minimum absolute atomic E-state index is 0.0307. The number of ether oxygens (including phenoxy) is 2. The van der Waals surface area contributed by atoms with E-state index in [0.717, 1.165) is 29.3 Å². The molecule has 4 heterocycles. The number of aromatic amines is 1. The molecule has 0 bridgehead atoms. The van der Waals surface area contributed by atoms with Crippen LogP contribution in [0.4, 0.5) is 4.79 Å². The van der Waals surface area contributed by atoms with Crippen molar-refractivity contribution in [3.05, 3.63) is 36.0 Å². The van der Waals surface area contributed by atoms with Crippen molar-refractivity contribution < 1.29 is 62.3 Å². The smallest absolute Gasteiger partial charge is 0.334 e. The lowest BCUT2D eigenvalue weighted by atomic mass is 9.89. The Bertz CT molecular complexity index is 2380. The predicted octanol–water partition coefficient (Wildman–Crippen LogP) is 3.06. The third-order valence-electron chi connectivity index (χ3n) is 15.4. The molecule has 1 aromatic heterocycles. The Balaban J connectivity index is 1.20. The van der Waals surface area contributed by atoms with Gasteiger partial charge in [0.1, 0.15) is 12.1 Å². The average Bonchev–Trinajstić information content (AvgIpc) is 4.16. The molecule has 1 aromatic carbocycles. The van der Waals surface area contributed by atoms with E-state index in [4.69, 9.17) is 19.1 Å². The molecule has 5 rings (SSSR count). The topological polar surface area (TPSA) is 271 Å². The van der Waals surface area contributed by atoms with Crippen molar-refractivity contribution in [3.8, 4) is 0 Å². The van der Waals surface area contributed by atoms with E-state index in [1.165, 1.54) is 19.3 Å². The molecular formula is C55H86N10O13. The summed E-state index contributed by atoms with van der Waals surface area (Å²) in [6.07, 6.45) is 3.72. The molecule has 0 unspecified atom stereocenters. The zero-order valence-electron chi connectivity index (χ0n) is 47.6. The second-order valence-corrected chi connectivity index (χ2v) is 21.6. The number of hydroxylamine groups is 4. The van der Waals surface area contributed by atoms with E-state index < -0.39 is 78.1 Å². The number of likely N-dealkylation sites (tertiary alicyclic amines) is 1. The van der Waals surface area contributed by atoms with Crippen molar-refractivity contribution in [2.75, 3.05) is 67.6 Å². The summed E-state index contributed by atoms with van der Waals surface area (Å²) in [5.41, 5.74) is 1.79. The number of imide groups is 1. The highest BCUT2D eigenvalue weighted by molar-refractivity contribution is 6.01. The van der Waals surface area contributed by atoms with Gasteiger partial charge in [0.05, 0.1) is 55.7 Å². The zero-order valence-corrected chi connectivity index (χ0v) is 47.6. The molecule has 3 saturated heterocycles. The van der Waals surface area contributed by atoms with Crippen LogP contribution in [-0.4, -0.2) is 193 Å². The summed E-state index contributed by atoms with van der Waals surface area (Å²) in [4.78, 5) is 139. The SMILES string of the molecule is CC[C@H](C)[C@@H]([C@@H](CC(=O)N1CCC[C@H]1[C@H](OC)[C@@H](C)C(=O)N[C@@H](Cc1c[nH]c2ccccc12)C(=O)N1CCCCO1)OC)N(C)C(=O)[C@@H](NC(=O)[C@H](C(C)C)N(C)CCNC(=O)NCCC(=O)ON1C(=O)CCC1=O)C(C)C. The van der Waals surface area contributed by atoms with Crippen LogP contribution in [0.1, 0.15) is 112 Å². The summed E-state index contributed by atoms with van der Waals surface area (Å²) in [6, 6.07) is 3.57. The molecular weight excluding hydrogens is 1010 g/mol. The molecule has 434 valence electrons.